The fraction of sp³-hybridized carbons (Fsp3) is 0.763. The first kappa shape index (κ1) is 41.6. The minimum Gasteiger partial charge on any atom is -0.346 e. The molecule has 13 nitrogen and oxygen atoms in total. The van der Waals surface area contributed by atoms with E-state index in [4.69, 9.17) is 0 Å². The molecule has 286 valence electrons. The van der Waals surface area contributed by atoms with Gasteiger partial charge in [0.15, 0.2) is 0 Å². The summed E-state index contributed by atoms with van der Waals surface area (Å²) in [6.45, 7) is 22.8. The summed E-state index contributed by atoms with van der Waals surface area (Å²) in [5.74, 6) is -3.00. The Morgan fingerprint density at radius 3 is 1.98 bits per heavy atom. The summed E-state index contributed by atoms with van der Waals surface area (Å²) < 4.78 is 0. The monoisotopic (exact) mass is 714 g/mol. The normalized spacial score (nSPS) is 22.6. The summed E-state index contributed by atoms with van der Waals surface area (Å²) >= 11 is 0. The summed E-state index contributed by atoms with van der Waals surface area (Å²) in [4.78, 5) is 96.7. The molecule has 0 radical (unpaired) electrons. The van der Waals surface area contributed by atoms with E-state index in [1.165, 1.54) is 15.9 Å². The number of hydrogen-bond donors (Lipinski definition) is 4. The Morgan fingerprint density at radius 1 is 0.902 bits per heavy atom. The first-order valence-corrected chi connectivity index (χ1v) is 18.4. The molecule has 1 aliphatic carbocycles. The molecule has 51 heavy (non-hydrogen) atoms. The second-order valence-electron chi connectivity index (χ2n) is 18.0. The van der Waals surface area contributed by atoms with Crippen molar-refractivity contribution in [3.8, 4) is 0 Å². The van der Waals surface area contributed by atoms with E-state index in [2.05, 4.69) is 27.8 Å². The second-order valence-corrected chi connectivity index (χ2v) is 18.0. The van der Waals surface area contributed by atoms with E-state index in [9.17, 15) is 33.6 Å². The summed E-state index contributed by atoms with van der Waals surface area (Å²) in [5.41, 5.74) is -1.76. The van der Waals surface area contributed by atoms with E-state index >= 15 is 0 Å². The molecular weight excluding hydrogens is 652 g/mol. The van der Waals surface area contributed by atoms with Crippen molar-refractivity contribution in [1.82, 2.24) is 31.1 Å². The molecule has 3 fully saturated rings. The molecule has 0 aromatic heterocycles. The van der Waals surface area contributed by atoms with Gasteiger partial charge in [0.05, 0.1) is 12.1 Å². The van der Waals surface area contributed by atoms with Crippen LogP contribution in [0, 0.1) is 34.0 Å². The number of imide groups is 1. The number of nitrogens with one attached hydrogen (secondary N) is 4. The minimum absolute atomic E-state index is 0.00437. The Bertz CT molecular complexity index is 1350. The van der Waals surface area contributed by atoms with Crippen LogP contribution in [0.25, 0.3) is 0 Å². The number of rotatable bonds is 14. The predicted octanol–water partition coefficient (Wildman–Crippen LogP) is 3.32. The van der Waals surface area contributed by atoms with Crippen LogP contribution in [-0.2, 0) is 28.8 Å². The van der Waals surface area contributed by atoms with Gasteiger partial charge in [-0.15, -0.1) is 6.58 Å². The first-order valence-electron chi connectivity index (χ1n) is 18.4. The molecule has 0 aromatic rings. The van der Waals surface area contributed by atoms with E-state index in [-0.39, 0.29) is 62.0 Å². The number of nitrogens with zero attached hydrogens (tertiary/aromatic N) is 2. The van der Waals surface area contributed by atoms with Crippen LogP contribution in [-0.4, -0.2) is 95.0 Å². The number of ketones is 1. The fourth-order valence-electron chi connectivity index (χ4n) is 6.96. The van der Waals surface area contributed by atoms with Crippen LogP contribution in [0.2, 0.25) is 0 Å². The van der Waals surface area contributed by atoms with Crippen LogP contribution in [0.3, 0.4) is 0 Å². The molecule has 2 saturated heterocycles. The topological polar surface area (TPSA) is 174 Å². The molecule has 3 aliphatic rings. The van der Waals surface area contributed by atoms with Crippen molar-refractivity contribution in [2.24, 2.45) is 34.0 Å². The number of carbonyl (C=O) groups excluding carboxylic acids is 7. The number of likely N-dealkylation sites (tertiary alicyclic amines) is 2. The van der Waals surface area contributed by atoms with Crippen LogP contribution in [0.1, 0.15) is 108 Å². The molecule has 5 atom stereocenters. The van der Waals surface area contributed by atoms with Gasteiger partial charge in [0.25, 0.3) is 5.91 Å². The van der Waals surface area contributed by atoms with Crippen molar-refractivity contribution in [2.45, 2.75) is 132 Å². The number of piperidine rings is 1. The highest BCUT2D eigenvalue weighted by Crippen LogP contribution is 2.36. The number of carbonyl (C=O) groups is 7. The third-order valence-electron chi connectivity index (χ3n) is 10.3. The number of amides is 7. The SMILES string of the molecule is C=CCNC(=O)C(=O)C(CC1CC1)NC(=O)[C@@H]1C(C(C)C)CCN1C(=O)[C@@H](NC(=O)N[C@H](CN1C(=O)CC(C)(C)CC1=O)C(C)(C)C)C(C)(C)C. The lowest BCUT2D eigenvalue weighted by molar-refractivity contribution is -0.153. The molecule has 0 spiro atoms. The highest BCUT2D eigenvalue weighted by molar-refractivity contribution is 6.38. The van der Waals surface area contributed by atoms with Gasteiger partial charge in [0.2, 0.25) is 29.4 Å². The van der Waals surface area contributed by atoms with E-state index in [0.717, 1.165) is 12.8 Å². The number of hydrogen-bond acceptors (Lipinski definition) is 7. The zero-order valence-corrected chi connectivity index (χ0v) is 32.4. The van der Waals surface area contributed by atoms with Gasteiger partial charge >= 0.3 is 6.03 Å². The van der Waals surface area contributed by atoms with Crippen molar-refractivity contribution in [3.05, 3.63) is 12.7 Å². The maximum atomic E-state index is 14.5. The van der Waals surface area contributed by atoms with Gasteiger partial charge in [0.1, 0.15) is 12.1 Å². The molecular formula is C38H62N6O7. The average molecular weight is 715 g/mol. The second kappa shape index (κ2) is 16.3. The van der Waals surface area contributed by atoms with E-state index in [1.807, 2.05) is 69.2 Å². The summed E-state index contributed by atoms with van der Waals surface area (Å²) in [6.07, 6.45) is 4.63. The highest BCUT2D eigenvalue weighted by Gasteiger charge is 2.48. The highest BCUT2D eigenvalue weighted by atomic mass is 16.2. The lowest BCUT2D eigenvalue weighted by Crippen LogP contribution is -2.63. The Morgan fingerprint density at radius 2 is 1.49 bits per heavy atom. The van der Waals surface area contributed by atoms with Crippen molar-refractivity contribution in [1.29, 1.82) is 0 Å². The molecule has 1 saturated carbocycles. The third kappa shape index (κ3) is 11.1. The molecule has 4 N–H and O–H groups in total. The summed E-state index contributed by atoms with van der Waals surface area (Å²) in [7, 11) is 0. The van der Waals surface area contributed by atoms with Crippen molar-refractivity contribution < 1.29 is 33.6 Å². The molecule has 2 aliphatic heterocycles. The van der Waals surface area contributed by atoms with Crippen LogP contribution in [0.5, 0.6) is 0 Å². The van der Waals surface area contributed by atoms with Crippen LogP contribution in [0.4, 0.5) is 4.79 Å². The Kier molecular flexibility index (Phi) is 13.3. The summed E-state index contributed by atoms with van der Waals surface area (Å²) in [5, 5.41) is 11.1. The van der Waals surface area contributed by atoms with E-state index in [1.54, 1.807) is 0 Å². The van der Waals surface area contributed by atoms with Crippen LogP contribution < -0.4 is 21.3 Å². The standard InChI is InChI=1S/C38H62N6O7/c1-12-16-39-33(49)30(47)25(18-23-13-14-23)40-32(48)29-24(22(2)3)15-17-43(29)34(50)31(37(7,8)9)42-35(51)41-26(36(4,5)6)21-44-27(45)19-38(10,11)20-28(44)46/h12,22-26,29,31H,1,13-21H2,2-11H3,(H,39,49)(H,40,48)(H2,41,42,51)/t24?,25?,26-,29+,31-/m1/s1. The van der Waals surface area contributed by atoms with Gasteiger partial charge in [-0.2, -0.15) is 0 Å². The third-order valence-corrected chi connectivity index (χ3v) is 10.3. The largest absolute Gasteiger partial charge is 0.346 e. The van der Waals surface area contributed by atoms with Gasteiger partial charge in [-0.05, 0) is 46.8 Å². The molecule has 0 bridgehead atoms. The maximum absolute atomic E-state index is 14.5. The smallest absolute Gasteiger partial charge is 0.315 e. The van der Waals surface area contributed by atoms with Crippen LogP contribution >= 0.6 is 0 Å². The van der Waals surface area contributed by atoms with Gasteiger partial charge in [-0.3, -0.25) is 33.7 Å². The Hall–Kier alpha value is -3.77. The molecule has 0 aromatic carbocycles. The van der Waals surface area contributed by atoms with Gasteiger partial charge < -0.3 is 26.2 Å². The first-order chi connectivity index (χ1) is 23.5. The molecule has 2 heterocycles. The van der Waals surface area contributed by atoms with E-state index < -0.39 is 69.9 Å². The molecule has 7 amide bonds. The lowest BCUT2D eigenvalue weighted by atomic mass is 9.80. The van der Waals surface area contributed by atoms with Crippen LogP contribution in [0.15, 0.2) is 12.7 Å². The Balaban J connectivity index is 1.83. The molecule has 3 rings (SSSR count). The molecule has 2 unspecified atom stereocenters. The zero-order valence-electron chi connectivity index (χ0n) is 32.4. The van der Waals surface area contributed by atoms with Gasteiger partial charge in [-0.25, -0.2) is 4.79 Å². The summed E-state index contributed by atoms with van der Waals surface area (Å²) in [6, 6.07) is -4.25. The van der Waals surface area contributed by atoms with Gasteiger partial charge in [0, 0.05) is 32.5 Å². The number of urea groups is 1. The van der Waals surface area contributed by atoms with Crippen molar-refractivity contribution in [3.63, 3.8) is 0 Å². The van der Waals surface area contributed by atoms with Gasteiger partial charge in [-0.1, -0.05) is 88.2 Å². The van der Waals surface area contributed by atoms with E-state index in [0.29, 0.717) is 12.8 Å². The average Bonchev–Trinajstić information content (AvgIpc) is 3.70. The zero-order chi connectivity index (χ0) is 38.6. The van der Waals surface area contributed by atoms with Crippen molar-refractivity contribution >= 4 is 41.4 Å². The van der Waals surface area contributed by atoms with Crippen molar-refractivity contribution in [2.75, 3.05) is 19.6 Å². The number of Topliss-reactive ketones (excluding diaryl/α,β-unsaturated/α-hetero) is 1. The Labute approximate surface area is 303 Å². The minimum atomic E-state index is -1.05. The fourth-order valence-corrected chi connectivity index (χ4v) is 6.96. The lowest BCUT2D eigenvalue weighted by Gasteiger charge is -2.40. The predicted molar refractivity (Wildman–Crippen MR) is 194 cm³/mol. The molecule has 13 heteroatoms. The quantitative estimate of drug-likeness (QED) is 0.121. The maximum Gasteiger partial charge on any atom is 0.315 e.